The lowest BCUT2D eigenvalue weighted by atomic mass is 9.98. The van der Waals surface area contributed by atoms with Crippen LogP contribution in [0.5, 0.6) is 5.75 Å². The zero-order chi connectivity index (χ0) is 15.3. The first-order valence-electron chi connectivity index (χ1n) is 6.48. The Morgan fingerprint density at radius 1 is 0.952 bits per heavy atom. The van der Waals surface area contributed by atoms with Gasteiger partial charge >= 0.3 is 6.18 Å². The quantitative estimate of drug-likeness (QED) is 0.902. The predicted molar refractivity (Wildman–Crippen MR) is 75.3 cm³/mol. The van der Waals surface area contributed by atoms with Gasteiger partial charge in [-0.2, -0.15) is 13.2 Å². The van der Waals surface area contributed by atoms with Crippen molar-refractivity contribution in [2.75, 3.05) is 13.7 Å². The van der Waals surface area contributed by atoms with Gasteiger partial charge in [0.05, 0.1) is 19.7 Å². The summed E-state index contributed by atoms with van der Waals surface area (Å²) in [7, 11) is 1.55. The van der Waals surface area contributed by atoms with Crippen molar-refractivity contribution in [1.29, 1.82) is 0 Å². The molecular formula is C16H16F3NO. The lowest BCUT2D eigenvalue weighted by molar-refractivity contribution is -0.125. The second-order valence-electron chi connectivity index (χ2n) is 4.61. The Morgan fingerprint density at radius 2 is 1.52 bits per heavy atom. The van der Waals surface area contributed by atoms with Gasteiger partial charge in [-0.15, -0.1) is 0 Å². The van der Waals surface area contributed by atoms with Gasteiger partial charge in [0.2, 0.25) is 0 Å². The van der Waals surface area contributed by atoms with Crippen molar-refractivity contribution >= 4 is 0 Å². The molecule has 1 unspecified atom stereocenters. The Bertz CT molecular complexity index is 552. The molecule has 2 rings (SSSR count). The van der Waals surface area contributed by atoms with Crippen LogP contribution in [0.1, 0.15) is 17.2 Å². The van der Waals surface area contributed by atoms with Gasteiger partial charge in [-0.3, -0.25) is 5.32 Å². The highest BCUT2D eigenvalue weighted by Crippen LogP contribution is 2.25. The standard InChI is InChI=1S/C16H16F3NO/c1-21-14-9-7-13(8-10-14)15(20-11-16(17,18)19)12-5-3-2-4-6-12/h2-10,15,20H,11H2,1H3. The number of nitrogens with one attached hydrogen (secondary N) is 1. The van der Waals surface area contributed by atoms with E-state index in [2.05, 4.69) is 5.32 Å². The molecule has 0 aromatic heterocycles. The molecule has 0 aliphatic carbocycles. The molecule has 1 atom stereocenters. The van der Waals surface area contributed by atoms with Crippen LogP contribution >= 0.6 is 0 Å². The van der Waals surface area contributed by atoms with E-state index in [1.807, 2.05) is 6.07 Å². The first kappa shape index (κ1) is 15.4. The molecule has 0 radical (unpaired) electrons. The number of halogens is 3. The zero-order valence-electron chi connectivity index (χ0n) is 11.5. The first-order chi connectivity index (χ1) is 9.99. The second kappa shape index (κ2) is 6.63. The highest BCUT2D eigenvalue weighted by molar-refractivity contribution is 5.35. The van der Waals surface area contributed by atoms with Crippen molar-refractivity contribution in [3.05, 3.63) is 65.7 Å². The number of hydrogen-bond acceptors (Lipinski definition) is 2. The van der Waals surface area contributed by atoms with Crippen LogP contribution in [0, 0.1) is 0 Å². The third-order valence-electron chi connectivity index (χ3n) is 3.09. The lowest BCUT2D eigenvalue weighted by Gasteiger charge is -2.21. The third kappa shape index (κ3) is 4.49. The zero-order valence-corrected chi connectivity index (χ0v) is 11.5. The van der Waals surface area contributed by atoms with Crippen molar-refractivity contribution in [2.45, 2.75) is 12.2 Å². The van der Waals surface area contributed by atoms with Crippen molar-refractivity contribution in [3.63, 3.8) is 0 Å². The number of rotatable bonds is 5. The maximum atomic E-state index is 12.5. The number of methoxy groups -OCH3 is 1. The molecule has 0 aliphatic heterocycles. The van der Waals surface area contributed by atoms with Gasteiger partial charge in [0, 0.05) is 0 Å². The topological polar surface area (TPSA) is 21.3 Å². The second-order valence-corrected chi connectivity index (χ2v) is 4.61. The molecule has 0 aliphatic rings. The Labute approximate surface area is 121 Å². The van der Waals surface area contributed by atoms with Gasteiger partial charge < -0.3 is 4.74 Å². The van der Waals surface area contributed by atoms with Crippen LogP contribution in [0.25, 0.3) is 0 Å². The summed E-state index contributed by atoms with van der Waals surface area (Å²) in [6.07, 6.45) is -4.25. The highest BCUT2D eigenvalue weighted by atomic mass is 19.4. The number of alkyl halides is 3. The molecule has 0 amide bonds. The minimum absolute atomic E-state index is 0.515. The van der Waals surface area contributed by atoms with E-state index in [1.54, 1.807) is 55.6 Å². The Kier molecular flexibility index (Phi) is 4.85. The Balaban J connectivity index is 2.26. The highest BCUT2D eigenvalue weighted by Gasteiger charge is 2.28. The molecule has 0 heterocycles. The summed E-state index contributed by atoms with van der Waals surface area (Å²) in [5.74, 6) is 0.668. The van der Waals surface area contributed by atoms with Crippen molar-refractivity contribution < 1.29 is 17.9 Å². The molecule has 0 saturated heterocycles. The Hall–Kier alpha value is -2.01. The van der Waals surface area contributed by atoms with Crippen LogP contribution < -0.4 is 10.1 Å². The molecule has 2 aromatic rings. The van der Waals surface area contributed by atoms with Gasteiger partial charge in [0.1, 0.15) is 5.75 Å². The van der Waals surface area contributed by atoms with E-state index >= 15 is 0 Å². The third-order valence-corrected chi connectivity index (χ3v) is 3.09. The summed E-state index contributed by atoms with van der Waals surface area (Å²) in [6, 6.07) is 15.5. The molecule has 1 N–H and O–H groups in total. The molecule has 5 heteroatoms. The molecule has 21 heavy (non-hydrogen) atoms. The van der Waals surface area contributed by atoms with Crippen LogP contribution in [0.15, 0.2) is 54.6 Å². The summed E-state index contributed by atoms with van der Waals surface area (Å²) in [5, 5.41) is 2.56. The van der Waals surface area contributed by atoms with E-state index in [4.69, 9.17) is 4.74 Å². The molecule has 2 nitrogen and oxygen atoms in total. The van der Waals surface area contributed by atoms with E-state index in [0.717, 1.165) is 11.1 Å². The fraction of sp³-hybridized carbons (Fsp3) is 0.250. The molecule has 0 bridgehead atoms. The number of hydrogen-bond donors (Lipinski definition) is 1. The number of ether oxygens (including phenoxy) is 1. The normalized spacial score (nSPS) is 13.0. The summed E-state index contributed by atoms with van der Waals surface area (Å²) in [4.78, 5) is 0. The van der Waals surface area contributed by atoms with Crippen LogP contribution in [-0.4, -0.2) is 19.8 Å². The molecular weight excluding hydrogens is 279 g/mol. The average Bonchev–Trinajstić information content (AvgIpc) is 2.48. The maximum absolute atomic E-state index is 12.5. The summed E-state index contributed by atoms with van der Waals surface area (Å²) in [6.45, 7) is -1.04. The molecule has 0 spiro atoms. The molecule has 0 saturated carbocycles. The number of benzene rings is 2. The average molecular weight is 295 g/mol. The summed E-state index contributed by atoms with van der Waals surface area (Å²) < 4.78 is 42.5. The lowest BCUT2D eigenvalue weighted by Crippen LogP contribution is -2.32. The van der Waals surface area contributed by atoms with Crippen molar-refractivity contribution in [2.24, 2.45) is 0 Å². The summed E-state index contributed by atoms with van der Waals surface area (Å²) >= 11 is 0. The van der Waals surface area contributed by atoms with Gasteiger partial charge in [-0.25, -0.2) is 0 Å². The predicted octanol–water partition coefficient (Wildman–Crippen LogP) is 3.94. The maximum Gasteiger partial charge on any atom is 0.401 e. The van der Waals surface area contributed by atoms with Gasteiger partial charge in [-0.05, 0) is 23.3 Å². The largest absolute Gasteiger partial charge is 0.497 e. The first-order valence-corrected chi connectivity index (χ1v) is 6.48. The van der Waals surface area contributed by atoms with Crippen LogP contribution in [0.2, 0.25) is 0 Å². The smallest absolute Gasteiger partial charge is 0.401 e. The fourth-order valence-electron chi connectivity index (χ4n) is 2.09. The van der Waals surface area contributed by atoms with E-state index in [-0.39, 0.29) is 0 Å². The van der Waals surface area contributed by atoms with Gasteiger partial charge in [-0.1, -0.05) is 42.5 Å². The fourth-order valence-corrected chi connectivity index (χ4v) is 2.09. The van der Waals surface area contributed by atoms with E-state index in [0.29, 0.717) is 5.75 Å². The molecule has 0 fully saturated rings. The van der Waals surface area contributed by atoms with E-state index in [9.17, 15) is 13.2 Å². The van der Waals surface area contributed by atoms with E-state index < -0.39 is 18.8 Å². The van der Waals surface area contributed by atoms with Crippen molar-refractivity contribution in [3.8, 4) is 5.75 Å². The molecule has 112 valence electrons. The van der Waals surface area contributed by atoms with Crippen LogP contribution in [0.4, 0.5) is 13.2 Å². The monoisotopic (exact) mass is 295 g/mol. The van der Waals surface area contributed by atoms with Gasteiger partial charge in [0.15, 0.2) is 0 Å². The van der Waals surface area contributed by atoms with Gasteiger partial charge in [0.25, 0.3) is 0 Å². The Morgan fingerprint density at radius 3 is 2.05 bits per heavy atom. The van der Waals surface area contributed by atoms with E-state index in [1.165, 1.54) is 0 Å². The summed E-state index contributed by atoms with van der Waals surface area (Å²) in [5.41, 5.74) is 1.54. The molecule has 2 aromatic carbocycles. The van der Waals surface area contributed by atoms with Crippen LogP contribution in [0.3, 0.4) is 0 Å². The minimum Gasteiger partial charge on any atom is -0.497 e. The SMILES string of the molecule is COc1ccc(C(NCC(F)(F)F)c2ccccc2)cc1. The van der Waals surface area contributed by atoms with Crippen LogP contribution in [-0.2, 0) is 0 Å². The minimum atomic E-state index is -4.25. The van der Waals surface area contributed by atoms with Crippen molar-refractivity contribution in [1.82, 2.24) is 5.32 Å².